The number of carbonyl (C=O) groups is 1. The molecule has 0 unspecified atom stereocenters. The highest BCUT2D eigenvalue weighted by atomic mass is 32.2. The van der Waals surface area contributed by atoms with Crippen molar-refractivity contribution in [2.24, 2.45) is 0 Å². The van der Waals surface area contributed by atoms with E-state index in [9.17, 15) is 13.2 Å². The topological polar surface area (TPSA) is 104 Å². The second-order valence-corrected chi connectivity index (χ2v) is 9.22. The van der Waals surface area contributed by atoms with Gasteiger partial charge in [0, 0.05) is 24.3 Å². The first-order chi connectivity index (χ1) is 15.0. The van der Waals surface area contributed by atoms with Crippen molar-refractivity contribution in [2.45, 2.75) is 24.2 Å². The molecule has 0 spiro atoms. The third-order valence-electron chi connectivity index (χ3n) is 5.25. The molecule has 31 heavy (non-hydrogen) atoms. The van der Waals surface area contributed by atoms with Gasteiger partial charge in [0.1, 0.15) is 16.3 Å². The van der Waals surface area contributed by atoms with Crippen LogP contribution >= 0.6 is 0 Å². The van der Waals surface area contributed by atoms with Crippen molar-refractivity contribution in [3.63, 3.8) is 0 Å². The van der Waals surface area contributed by atoms with Gasteiger partial charge in [0.25, 0.3) is 5.91 Å². The maximum Gasteiger partial charge on any atom is 0.273 e. The number of methoxy groups -OCH3 is 1. The number of ether oxygens (including phenoxy) is 1. The molecule has 8 nitrogen and oxygen atoms in total. The highest BCUT2D eigenvalue weighted by Crippen LogP contribution is 2.32. The van der Waals surface area contributed by atoms with E-state index in [2.05, 4.69) is 15.5 Å². The second-order valence-electron chi connectivity index (χ2n) is 7.32. The van der Waals surface area contributed by atoms with E-state index in [1.165, 1.54) is 11.4 Å². The molecule has 0 radical (unpaired) electrons. The lowest BCUT2D eigenvalue weighted by Gasteiger charge is -2.26. The average Bonchev–Trinajstić information content (AvgIpc) is 3.30. The summed E-state index contributed by atoms with van der Waals surface area (Å²) in [6.45, 7) is 1.00. The second kappa shape index (κ2) is 8.91. The Bertz CT molecular complexity index is 1170. The number of aromatic amines is 1. The largest absolute Gasteiger partial charge is 0.495 e. The quantitative estimate of drug-likeness (QED) is 0.610. The standard InChI is InChI=1S/C22H24N4O4S/c1-30-20-11-10-16(14-21(20)31(28,29)26-12-6-3-7-13-26)18-15-19(25-24-18)22(27)23-17-8-4-2-5-9-17/h2,4-5,8-11,14-15H,3,6-7,12-13H2,1H3,(H,23,27)(H,24,25). The zero-order valence-electron chi connectivity index (χ0n) is 17.2. The van der Waals surface area contributed by atoms with E-state index in [0.29, 0.717) is 30.0 Å². The van der Waals surface area contributed by atoms with E-state index in [-0.39, 0.29) is 22.2 Å². The van der Waals surface area contributed by atoms with Gasteiger partial charge in [-0.1, -0.05) is 24.6 Å². The van der Waals surface area contributed by atoms with Crippen LogP contribution in [0.5, 0.6) is 5.75 Å². The summed E-state index contributed by atoms with van der Waals surface area (Å²) in [5.41, 5.74) is 1.99. The fourth-order valence-electron chi connectivity index (χ4n) is 3.59. The number of amides is 1. The summed E-state index contributed by atoms with van der Waals surface area (Å²) in [5, 5.41) is 9.71. The highest BCUT2D eigenvalue weighted by molar-refractivity contribution is 7.89. The fourth-order valence-corrected chi connectivity index (χ4v) is 5.29. The van der Waals surface area contributed by atoms with Crippen LogP contribution in [0.2, 0.25) is 0 Å². The Morgan fingerprint density at radius 2 is 1.81 bits per heavy atom. The van der Waals surface area contributed by atoms with Crippen LogP contribution in [0.3, 0.4) is 0 Å². The summed E-state index contributed by atoms with van der Waals surface area (Å²) in [5.74, 6) is -0.0495. The number of H-pyrrole nitrogens is 1. The molecule has 4 rings (SSSR count). The van der Waals surface area contributed by atoms with E-state index >= 15 is 0 Å². The van der Waals surface area contributed by atoms with E-state index in [0.717, 1.165) is 19.3 Å². The van der Waals surface area contributed by atoms with Crippen LogP contribution in [0.1, 0.15) is 29.8 Å². The number of anilines is 1. The normalized spacial score (nSPS) is 14.9. The smallest absolute Gasteiger partial charge is 0.273 e. The summed E-state index contributed by atoms with van der Waals surface area (Å²) in [4.78, 5) is 12.6. The summed E-state index contributed by atoms with van der Waals surface area (Å²) in [6.07, 6.45) is 2.73. The monoisotopic (exact) mass is 440 g/mol. The maximum absolute atomic E-state index is 13.2. The molecule has 162 valence electrons. The van der Waals surface area contributed by atoms with Crippen LogP contribution in [0.4, 0.5) is 5.69 Å². The van der Waals surface area contributed by atoms with Gasteiger partial charge >= 0.3 is 0 Å². The lowest BCUT2D eigenvalue weighted by atomic mass is 10.1. The van der Waals surface area contributed by atoms with Crippen molar-refractivity contribution >= 4 is 21.6 Å². The molecule has 2 heterocycles. The molecule has 3 aromatic rings. The van der Waals surface area contributed by atoms with Crippen molar-refractivity contribution in [1.29, 1.82) is 0 Å². The number of aromatic nitrogens is 2. The molecule has 1 aliphatic rings. The molecule has 0 saturated carbocycles. The summed E-state index contributed by atoms with van der Waals surface area (Å²) in [7, 11) is -2.25. The Hall–Kier alpha value is -3.17. The fraction of sp³-hybridized carbons (Fsp3) is 0.273. The number of hydrogen-bond donors (Lipinski definition) is 2. The molecule has 2 N–H and O–H groups in total. The molecule has 0 aliphatic carbocycles. The predicted octanol–water partition coefficient (Wildman–Crippen LogP) is 3.51. The minimum Gasteiger partial charge on any atom is -0.495 e. The van der Waals surface area contributed by atoms with Crippen LogP contribution in [0.15, 0.2) is 59.5 Å². The zero-order valence-corrected chi connectivity index (χ0v) is 18.0. The Labute approximate surface area is 181 Å². The Balaban J connectivity index is 1.62. The summed E-state index contributed by atoms with van der Waals surface area (Å²) in [6, 6.07) is 15.6. The molecule has 2 aromatic carbocycles. The maximum atomic E-state index is 13.2. The Kier molecular flexibility index (Phi) is 6.06. The number of benzene rings is 2. The predicted molar refractivity (Wildman–Crippen MR) is 118 cm³/mol. The number of hydrogen-bond acceptors (Lipinski definition) is 5. The molecular weight excluding hydrogens is 416 g/mol. The van der Waals surface area contributed by atoms with Crippen LogP contribution in [-0.2, 0) is 10.0 Å². The van der Waals surface area contributed by atoms with Crippen molar-refractivity contribution in [1.82, 2.24) is 14.5 Å². The third-order valence-corrected chi connectivity index (χ3v) is 7.17. The van der Waals surface area contributed by atoms with Gasteiger partial charge in [-0.2, -0.15) is 9.40 Å². The first-order valence-electron chi connectivity index (χ1n) is 10.1. The molecule has 1 fully saturated rings. The average molecular weight is 441 g/mol. The molecule has 1 amide bonds. The molecular formula is C22H24N4O4S. The van der Waals surface area contributed by atoms with Gasteiger partial charge in [0.05, 0.1) is 12.8 Å². The Morgan fingerprint density at radius 3 is 2.52 bits per heavy atom. The molecule has 1 aliphatic heterocycles. The van der Waals surface area contributed by atoms with Gasteiger partial charge in [-0.15, -0.1) is 0 Å². The molecule has 9 heteroatoms. The van der Waals surface area contributed by atoms with Gasteiger partial charge in [-0.05, 0) is 49.2 Å². The first-order valence-corrected chi connectivity index (χ1v) is 11.5. The lowest BCUT2D eigenvalue weighted by Crippen LogP contribution is -2.35. The van der Waals surface area contributed by atoms with E-state index in [1.54, 1.807) is 36.4 Å². The highest BCUT2D eigenvalue weighted by Gasteiger charge is 2.29. The minimum atomic E-state index is -3.69. The number of nitrogens with zero attached hydrogens (tertiary/aromatic N) is 2. The number of carbonyl (C=O) groups excluding carboxylic acids is 1. The summed E-state index contributed by atoms with van der Waals surface area (Å²) >= 11 is 0. The van der Waals surface area contributed by atoms with Gasteiger partial charge in [-0.3, -0.25) is 9.89 Å². The van der Waals surface area contributed by atoms with Crippen LogP contribution in [-0.4, -0.2) is 49.0 Å². The SMILES string of the molecule is COc1ccc(-c2cc(C(=O)Nc3ccccc3)[nH]n2)cc1S(=O)(=O)N1CCCCC1. The number of rotatable bonds is 6. The lowest BCUT2D eigenvalue weighted by molar-refractivity contribution is 0.102. The third kappa shape index (κ3) is 4.47. The number of para-hydroxylation sites is 1. The molecule has 1 saturated heterocycles. The van der Waals surface area contributed by atoms with Crippen LogP contribution in [0.25, 0.3) is 11.3 Å². The first kappa shape index (κ1) is 21.1. The van der Waals surface area contributed by atoms with Crippen LogP contribution < -0.4 is 10.1 Å². The van der Waals surface area contributed by atoms with E-state index in [1.807, 2.05) is 18.2 Å². The minimum absolute atomic E-state index is 0.104. The van der Waals surface area contributed by atoms with Gasteiger partial charge in [0.2, 0.25) is 10.0 Å². The number of piperidine rings is 1. The summed E-state index contributed by atoms with van der Waals surface area (Å²) < 4.78 is 33.3. The number of nitrogens with one attached hydrogen (secondary N) is 2. The van der Waals surface area contributed by atoms with Crippen molar-refractivity contribution in [3.05, 3.63) is 60.3 Å². The molecule has 0 atom stereocenters. The van der Waals surface area contributed by atoms with Crippen molar-refractivity contribution < 1.29 is 17.9 Å². The Morgan fingerprint density at radius 1 is 1.06 bits per heavy atom. The van der Waals surface area contributed by atoms with Crippen LogP contribution in [0, 0.1) is 0 Å². The van der Waals surface area contributed by atoms with E-state index in [4.69, 9.17) is 4.74 Å². The van der Waals surface area contributed by atoms with Gasteiger partial charge < -0.3 is 10.1 Å². The zero-order chi connectivity index (χ0) is 21.8. The van der Waals surface area contributed by atoms with Crippen molar-refractivity contribution in [2.75, 3.05) is 25.5 Å². The van der Waals surface area contributed by atoms with E-state index < -0.39 is 10.0 Å². The van der Waals surface area contributed by atoms with Crippen molar-refractivity contribution in [3.8, 4) is 17.0 Å². The van der Waals surface area contributed by atoms with Gasteiger partial charge in [-0.25, -0.2) is 8.42 Å². The van der Waals surface area contributed by atoms with Gasteiger partial charge in [0.15, 0.2) is 0 Å². The number of sulfonamides is 1. The molecule has 1 aromatic heterocycles. The molecule has 0 bridgehead atoms.